The highest BCUT2D eigenvalue weighted by Gasteiger charge is 2.24. The normalized spacial score (nSPS) is 12.8. The average molecular weight is 358 g/mol. The summed E-state index contributed by atoms with van der Waals surface area (Å²) < 4.78 is 18.2. The van der Waals surface area contributed by atoms with Crippen molar-refractivity contribution in [2.24, 2.45) is 0 Å². The Kier molecular flexibility index (Phi) is 6.72. The van der Waals surface area contributed by atoms with E-state index in [0.29, 0.717) is 0 Å². The van der Waals surface area contributed by atoms with E-state index < -0.39 is 12.1 Å². The molecule has 5 nitrogen and oxygen atoms in total. The van der Waals surface area contributed by atoms with Gasteiger partial charge in [0.1, 0.15) is 18.5 Å². The summed E-state index contributed by atoms with van der Waals surface area (Å²) >= 11 is 0. The SMILES string of the molecule is CC(NC(=O)OCc1ccccc1)C(=O)N(C)C(C)c1ccc(F)cc1. The number of ether oxygens (including phenoxy) is 1. The van der Waals surface area contributed by atoms with Crippen LogP contribution in [0, 0.1) is 5.82 Å². The van der Waals surface area contributed by atoms with E-state index in [9.17, 15) is 14.0 Å². The van der Waals surface area contributed by atoms with Gasteiger partial charge in [-0.1, -0.05) is 42.5 Å². The predicted octanol–water partition coefficient (Wildman–Crippen LogP) is 3.66. The molecule has 0 saturated carbocycles. The molecule has 6 heteroatoms. The van der Waals surface area contributed by atoms with Crippen LogP contribution in [0.3, 0.4) is 0 Å². The van der Waals surface area contributed by atoms with Crippen molar-refractivity contribution in [1.29, 1.82) is 0 Å². The summed E-state index contributed by atoms with van der Waals surface area (Å²) in [6.07, 6.45) is -0.655. The number of likely N-dealkylation sites (N-methyl/N-ethyl adjacent to an activating group) is 1. The zero-order chi connectivity index (χ0) is 19.1. The smallest absolute Gasteiger partial charge is 0.408 e. The van der Waals surface area contributed by atoms with Crippen LogP contribution in [-0.2, 0) is 16.1 Å². The van der Waals surface area contributed by atoms with E-state index in [1.807, 2.05) is 37.3 Å². The molecule has 2 aromatic carbocycles. The Morgan fingerprint density at radius 1 is 1.08 bits per heavy atom. The number of rotatable bonds is 6. The van der Waals surface area contributed by atoms with Crippen LogP contribution in [0.5, 0.6) is 0 Å². The fourth-order valence-electron chi connectivity index (χ4n) is 2.46. The standard InChI is InChI=1S/C20H23FN2O3/c1-14(22-20(25)26-13-16-7-5-4-6-8-16)19(24)23(3)15(2)17-9-11-18(21)12-10-17/h4-12,14-15H,13H2,1-3H3,(H,22,25). The topological polar surface area (TPSA) is 58.6 Å². The van der Waals surface area contributed by atoms with Gasteiger partial charge in [0, 0.05) is 7.05 Å². The molecule has 0 bridgehead atoms. The average Bonchev–Trinajstić information content (AvgIpc) is 2.66. The van der Waals surface area contributed by atoms with Crippen molar-refractivity contribution in [3.05, 3.63) is 71.5 Å². The van der Waals surface area contributed by atoms with Crippen molar-refractivity contribution >= 4 is 12.0 Å². The fourth-order valence-corrected chi connectivity index (χ4v) is 2.46. The number of carbonyl (C=O) groups is 2. The zero-order valence-corrected chi connectivity index (χ0v) is 15.1. The van der Waals surface area contributed by atoms with Gasteiger partial charge in [-0.05, 0) is 37.1 Å². The number of benzene rings is 2. The third-order valence-electron chi connectivity index (χ3n) is 4.20. The van der Waals surface area contributed by atoms with Gasteiger partial charge in [-0.3, -0.25) is 4.79 Å². The summed E-state index contributed by atoms with van der Waals surface area (Å²) in [6.45, 7) is 3.57. The van der Waals surface area contributed by atoms with E-state index in [4.69, 9.17) is 4.74 Å². The summed E-state index contributed by atoms with van der Waals surface area (Å²) in [5, 5.41) is 2.53. The Labute approximate surface area is 152 Å². The van der Waals surface area contributed by atoms with Gasteiger partial charge < -0.3 is 15.0 Å². The van der Waals surface area contributed by atoms with Crippen molar-refractivity contribution in [2.75, 3.05) is 7.05 Å². The first-order valence-electron chi connectivity index (χ1n) is 8.38. The molecule has 0 spiro atoms. The molecule has 0 saturated heterocycles. The summed E-state index contributed by atoms with van der Waals surface area (Å²) in [6, 6.07) is 14.3. The summed E-state index contributed by atoms with van der Waals surface area (Å²) in [7, 11) is 1.64. The predicted molar refractivity (Wildman–Crippen MR) is 96.8 cm³/mol. The van der Waals surface area contributed by atoms with Gasteiger partial charge in [0.15, 0.2) is 0 Å². The minimum absolute atomic E-state index is 0.134. The monoisotopic (exact) mass is 358 g/mol. The van der Waals surface area contributed by atoms with Crippen LogP contribution in [0.4, 0.5) is 9.18 Å². The molecule has 2 aromatic rings. The number of nitrogens with zero attached hydrogens (tertiary/aromatic N) is 1. The highest BCUT2D eigenvalue weighted by molar-refractivity contribution is 5.85. The first kappa shape index (κ1) is 19.4. The maximum Gasteiger partial charge on any atom is 0.408 e. The van der Waals surface area contributed by atoms with Gasteiger partial charge in [0.2, 0.25) is 5.91 Å². The number of nitrogens with one attached hydrogen (secondary N) is 1. The van der Waals surface area contributed by atoms with Crippen LogP contribution in [-0.4, -0.2) is 30.0 Å². The zero-order valence-electron chi connectivity index (χ0n) is 15.1. The molecule has 0 heterocycles. The van der Waals surface area contributed by atoms with Crippen LogP contribution < -0.4 is 5.32 Å². The minimum atomic E-state index is -0.744. The maximum absolute atomic E-state index is 13.0. The number of halogens is 1. The second kappa shape index (κ2) is 8.99. The molecule has 2 atom stereocenters. The molecule has 1 N–H and O–H groups in total. The summed E-state index contributed by atoms with van der Waals surface area (Å²) in [4.78, 5) is 25.9. The first-order valence-corrected chi connectivity index (χ1v) is 8.38. The van der Waals surface area contributed by atoms with E-state index in [0.717, 1.165) is 11.1 Å². The lowest BCUT2D eigenvalue weighted by Crippen LogP contribution is -2.46. The van der Waals surface area contributed by atoms with Gasteiger partial charge in [-0.15, -0.1) is 0 Å². The minimum Gasteiger partial charge on any atom is -0.445 e. The lowest BCUT2D eigenvalue weighted by Gasteiger charge is -2.28. The third-order valence-corrected chi connectivity index (χ3v) is 4.20. The van der Waals surface area contributed by atoms with Gasteiger partial charge in [0.05, 0.1) is 6.04 Å². The molecule has 0 aliphatic carbocycles. The number of alkyl carbamates (subject to hydrolysis) is 1. The summed E-state index contributed by atoms with van der Waals surface area (Å²) in [5.41, 5.74) is 1.67. The molecule has 2 rings (SSSR count). The lowest BCUT2D eigenvalue weighted by atomic mass is 10.1. The van der Waals surface area contributed by atoms with Crippen molar-refractivity contribution in [2.45, 2.75) is 32.5 Å². The molecular formula is C20H23FN2O3. The van der Waals surface area contributed by atoms with Crippen LogP contribution in [0.25, 0.3) is 0 Å². The Balaban J connectivity index is 1.87. The quantitative estimate of drug-likeness (QED) is 0.857. The van der Waals surface area contributed by atoms with Crippen molar-refractivity contribution in [3.8, 4) is 0 Å². The molecule has 26 heavy (non-hydrogen) atoms. The van der Waals surface area contributed by atoms with Crippen molar-refractivity contribution in [1.82, 2.24) is 10.2 Å². The van der Waals surface area contributed by atoms with Crippen LogP contribution in [0.1, 0.15) is 31.0 Å². The van der Waals surface area contributed by atoms with Crippen LogP contribution in [0.15, 0.2) is 54.6 Å². The first-order chi connectivity index (χ1) is 12.4. The van der Waals surface area contributed by atoms with Crippen molar-refractivity contribution in [3.63, 3.8) is 0 Å². The van der Waals surface area contributed by atoms with Crippen LogP contribution in [0.2, 0.25) is 0 Å². The number of carbonyl (C=O) groups excluding carboxylic acids is 2. The number of hydrogen-bond acceptors (Lipinski definition) is 3. The molecule has 0 aliphatic rings. The largest absolute Gasteiger partial charge is 0.445 e. The highest BCUT2D eigenvalue weighted by atomic mass is 19.1. The van der Waals surface area contributed by atoms with Gasteiger partial charge >= 0.3 is 6.09 Å². The Bertz CT molecular complexity index is 734. The Morgan fingerprint density at radius 2 is 1.69 bits per heavy atom. The molecule has 2 unspecified atom stereocenters. The Hall–Kier alpha value is -2.89. The second-order valence-electron chi connectivity index (χ2n) is 6.10. The summed E-state index contributed by atoms with van der Waals surface area (Å²) in [5.74, 6) is -0.593. The number of hydrogen-bond donors (Lipinski definition) is 1. The molecule has 2 amide bonds. The van der Waals surface area contributed by atoms with Crippen LogP contribution >= 0.6 is 0 Å². The fraction of sp³-hybridized carbons (Fsp3) is 0.300. The molecule has 0 fully saturated rings. The molecular weight excluding hydrogens is 335 g/mol. The molecule has 138 valence electrons. The van der Waals surface area contributed by atoms with Gasteiger partial charge in [0.25, 0.3) is 0 Å². The number of amides is 2. The van der Waals surface area contributed by atoms with E-state index in [1.54, 1.807) is 26.1 Å². The van der Waals surface area contributed by atoms with Gasteiger partial charge in [-0.25, -0.2) is 9.18 Å². The van der Waals surface area contributed by atoms with E-state index in [1.165, 1.54) is 17.0 Å². The molecule has 0 radical (unpaired) electrons. The third kappa shape index (κ3) is 5.31. The molecule has 0 aromatic heterocycles. The van der Waals surface area contributed by atoms with E-state index in [-0.39, 0.29) is 24.4 Å². The van der Waals surface area contributed by atoms with E-state index in [2.05, 4.69) is 5.32 Å². The molecule has 0 aliphatic heterocycles. The lowest BCUT2D eigenvalue weighted by molar-refractivity contribution is -0.133. The maximum atomic E-state index is 13.0. The van der Waals surface area contributed by atoms with Crippen molar-refractivity contribution < 1.29 is 18.7 Å². The highest BCUT2D eigenvalue weighted by Crippen LogP contribution is 2.19. The van der Waals surface area contributed by atoms with Gasteiger partial charge in [-0.2, -0.15) is 0 Å². The second-order valence-corrected chi connectivity index (χ2v) is 6.10. The van der Waals surface area contributed by atoms with E-state index >= 15 is 0 Å². The Morgan fingerprint density at radius 3 is 2.31 bits per heavy atom.